The molecule has 2 aliphatic heterocycles. The Balaban J connectivity index is 1.30. The average molecular weight is 425 g/mol. The van der Waals surface area contributed by atoms with Gasteiger partial charge in [0.05, 0.1) is 0 Å². The molecule has 1 aromatic rings. The van der Waals surface area contributed by atoms with Gasteiger partial charge in [0.2, 0.25) is 0 Å². The maximum absolute atomic E-state index is 11.1. The second-order valence-corrected chi connectivity index (χ2v) is 11.0. The molecule has 1 aromatic carbocycles. The molecular formula is C27H40N2O2. The van der Waals surface area contributed by atoms with Crippen LogP contribution in [0, 0.1) is 11.8 Å². The summed E-state index contributed by atoms with van der Waals surface area (Å²) in [5, 5.41) is 9.16. The van der Waals surface area contributed by atoms with Crippen molar-refractivity contribution in [3.63, 3.8) is 0 Å². The summed E-state index contributed by atoms with van der Waals surface area (Å²) >= 11 is 0. The molecule has 2 saturated carbocycles. The van der Waals surface area contributed by atoms with E-state index < -0.39 is 5.97 Å². The number of hydrogen-bond donors (Lipinski definition) is 1. The maximum Gasteiger partial charge on any atom is 0.303 e. The molecule has 4 fully saturated rings. The smallest absolute Gasteiger partial charge is 0.303 e. The van der Waals surface area contributed by atoms with E-state index in [0.29, 0.717) is 12.5 Å². The molecule has 0 amide bonds. The monoisotopic (exact) mass is 424 g/mol. The molecule has 4 aliphatic rings. The average Bonchev–Trinajstić information content (AvgIpc) is 2.76. The summed E-state index contributed by atoms with van der Waals surface area (Å²) in [5.74, 6) is 1.29. The summed E-state index contributed by atoms with van der Waals surface area (Å²) in [6.07, 6.45) is 16.4. The third-order valence-corrected chi connectivity index (χ3v) is 9.06. The largest absolute Gasteiger partial charge is 0.481 e. The van der Waals surface area contributed by atoms with Gasteiger partial charge < -0.3 is 10.0 Å². The zero-order chi connectivity index (χ0) is 21.4. The van der Waals surface area contributed by atoms with Crippen molar-refractivity contribution in [1.29, 1.82) is 0 Å². The summed E-state index contributed by atoms with van der Waals surface area (Å²) in [7, 11) is 2.25. The number of carbonyl (C=O) groups is 1. The fourth-order valence-electron chi connectivity index (χ4n) is 7.75. The van der Waals surface area contributed by atoms with Crippen LogP contribution in [-0.4, -0.2) is 47.2 Å². The van der Waals surface area contributed by atoms with Gasteiger partial charge in [-0.3, -0.25) is 9.69 Å². The molecule has 1 N–H and O–H groups in total. The van der Waals surface area contributed by atoms with Crippen LogP contribution in [0.4, 0.5) is 5.69 Å². The van der Waals surface area contributed by atoms with Gasteiger partial charge in [-0.05, 0) is 74.8 Å². The van der Waals surface area contributed by atoms with Crippen molar-refractivity contribution in [1.82, 2.24) is 4.90 Å². The highest BCUT2D eigenvalue weighted by Gasteiger charge is 2.45. The summed E-state index contributed by atoms with van der Waals surface area (Å²) in [5.41, 5.74) is 2.42. The molecule has 0 spiro atoms. The Morgan fingerprint density at radius 2 is 1.58 bits per heavy atom. The minimum atomic E-state index is -0.711. The Hall–Kier alpha value is -1.55. The van der Waals surface area contributed by atoms with Gasteiger partial charge in [0, 0.05) is 43.3 Å². The van der Waals surface area contributed by atoms with Gasteiger partial charge in [0.15, 0.2) is 0 Å². The first-order valence-corrected chi connectivity index (χ1v) is 12.9. The van der Waals surface area contributed by atoms with Crippen molar-refractivity contribution in [2.45, 2.75) is 108 Å². The lowest BCUT2D eigenvalue weighted by atomic mass is 9.68. The van der Waals surface area contributed by atoms with Gasteiger partial charge in [-0.25, -0.2) is 0 Å². The van der Waals surface area contributed by atoms with Crippen LogP contribution in [-0.2, 0) is 11.2 Å². The Labute approximate surface area is 188 Å². The summed E-state index contributed by atoms with van der Waals surface area (Å²) in [6, 6.07) is 11.4. The molecule has 170 valence electrons. The van der Waals surface area contributed by atoms with Crippen molar-refractivity contribution >= 4 is 11.7 Å². The number of aryl methyl sites for hydroxylation is 1. The highest BCUT2D eigenvalue weighted by molar-refractivity contribution is 5.68. The molecule has 2 aliphatic carbocycles. The molecule has 2 saturated heterocycles. The Morgan fingerprint density at radius 1 is 0.935 bits per heavy atom. The van der Waals surface area contributed by atoms with Gasteiger partial charge in [-0.1, -0.05) is 43.9 Å². The summed E-state index contributed by atoms with van der Waals surface area (Å²) < 4.78 is 0. The fourth-order valence-corrected chi connectivity index (χ4v) is 7.75. The fraction of sp³-hybridized carbons (Fsp3) is 0.741. The molecule has 5 rings (SSSR count). The number of para-hydroxylation sites is 1. The molecule has 6 atom stereocenters. The zero-order valence-electron chi connectivity index (χ0n) is 19.2. The summed E-state index contributed by atoms with van der Waals surface area (Å²) in [4.78, 5) is 16.6. The number of aliphatic carboxylic acids is 1. The van der Waals surface area contributed by atoms with Crippen molar-refractivity contribution in [2.24, 2.45) is 11.8 Å². The normalized spacial score (nSPS) is 35.5. The first kappa shape index (κ1) is 21.3. The number of carboxylic acids is 1. The lowest BCUT2D eigenvalue weighted by Gasteiger charge is -2.56. The minimum absolute atomic E-state index is 0.207. The van der Waals surface area contributed by atoms with Crippen LogP contribution in [0.2, 0.25) is 0 Å². The van der Waals surface area contributed by atoms with Crippen LogP contribution < -0.4 is 4.90 Å². The topological polar surface area (TPSA) is 43.8 Å². The number of anilines is 1. The first-order valence-electron chi connectivity index (χ1n) is 12.9. The predicted molar refractivity (Wildman–Crippen MR) is 126 cm³/mol. The van der Waals surface area contributed by atoms with E-state index in [1.54, 1.807) is 0 Å². The van der Waals surface area contributed by atoms with E-state index in [1.165, 1.54) is 81.9 Å². The zero-order valence-corrected chi connectivity index (χ0v) is 19.2. The standard InChI is InChI=1S/C27H40N2O2/c1-28(26-11-3-2-8-21(26)12-13-27(30)31)24-17-22-9-5-10-23(18-24)29(22)25-15-19-6-4-7-20(14-19)16-25/h2-3,8,11,19-20,22-25H,4-7,9-10,12-18H2,1H3,(H,30,31)/t19-,20?,22-,23+,24?,25?/m1/s1. The number of carboxylic acid groups (broad SMARTS) is 1. The van der Waals surface area contributed by atoms with Crippen LogP contribution in [0.1, 0.15) is 82.6 Å². The second-order valence-electron chi connectivity index (χ2n) is 11.0. The molecule has 4 heteroatoms. The highest BCUT2D eigenvalue weighted by Crippen LogP contribution is 2.46. The van der Waals surface area contributed by atoms with E-state index in [4.69, 9.17) is 5.11 Å². The van der Waals surface area contributed by atoms with Gasteiger partial charge in [-0.2, -0.15) is 0 Å². The van der Waals surface area contributed by atoms with Crippen molar-refractivity contribution < 1.29 is 9.90 Å². The molecule has 0 radical (unpaired) electrons. The van der Waals surface area contributed by atoms with E-state index in [2.05, 4.69) is 35.0 Å². The number of benzene rings is 1. The summed E-state index contributed by atoms with van der Waals surface area (Å²) in [6.45, 7) is 0. The number of fused-ring (bicyclic) bond motifs is 4. The third kappa shape index (κ3) is 4.51. The molecule has 31 heavy (non-hydrogen) atoms. The Bertz CT molecular complexity index is 754. The molecule has 2 heterocycles. The van der Waals surface area contributed by atoms with Crippen LogP contribution in [0.3, 0.4) is 0 Å². The maximum atomic E-state index is 11.1. The molecule has 4 bridgehead atoms. The first-order chi connectivity index (χ1) is 15.1. The second kappa shape index (κ2) is 9.13. The molecule has 0 aromatic heterocycles. The van der Waals surface area contributed by atoms with Crippen LogP contribution >= 0.6 is 0 Å². The van der Waals surface area contributed by atoms with Crippen molar-refractivity contribution in [2.75, 3.05) is 11.9 Å². The number of piperidine rings is 2. The number of rotatable bonds is 6. The van der Waals surface area contributed by atoms with Crippen molar-refractivity contribution in [3.05, 3.63) is 29.8 Å². The SMILES string of the molecule is CN(c1ccccc1CCC(=O)O)C1C[C@H]2CCC[C@@H](C1)N2C1CC2CCC[C@H](C2)C1. The van der Waals surface area contributed by atoms with E-state index in [0.717, 1.165) is 30.0 Å². The van der Waals surface area contributed by atoms with Crippen molar-refractivity contribution in [3.8, 4) is 0 Å². The van der Waals surface area contributed by atoms with E-state index >= 15 is 0 Å². The van der Waals surface area contributed by atoms with Gasteiger partial charge >= 0.3 is 5.97 Å². The quantitative estimate of drug-likeness (QED) is 0.655. The molecular weight excluding hydrogens is 384 g/mol. The number of nitrogens with zero attached hydrogens (tertiary/aromatic N) is 2. The predicted octanol–water partition coefficient (Wildman–Crippen LogP) is 5.49. The minimum Gasteiger partial charge on any atom is -0.481 e. The highest BCUT2D eigenvalue weighted by atomic mass is 16.4. The number of hydrogen-bond acceptors (Lipinski definition) is 3. The Morgan fingerprint density at radius 3 is 2.26 bits per heavy atom. The van der Waals surface area contributed by atoms with Crippen LogP contribution in [0.5, 0.6) is 0 Å². The van der Waals surface area contributed by atoms with Crippen LogP contribution in [0.15, 0.2) is 24.3 Å². The van der Waals surface area contributed by atoms with E-state index in [1.807, 2.05) is 6.07 Å². The lowest BCUT2D eigenvalue weighted by molar-refractivity contribution is -0.136. The third-order valence-electron chi connectivity index (χ3n) is 9.06. The van der Waals surface area contributed by atoms with Crippen LogP contribution in [0.25, 0.3) is 0 Å². The molecule has 4 nitrogen and oxygen atoms in total. The van der Waals surface area contributed by atoms with E-state index in [-0.39, 0.29) is 6.42 Å². The van der Waals surface area contributed by atoms with Gasteiger partial charge in [0.25, 0.3) is 0 Å². The van der Waals surface area contributed by atoms with E-state index in [9.17, 15) is 4.79 Å². The van der Waals surface area contributed by atoms with Gasteiger partial charge in [-0.15, -0.1) is 0 Å². The Kier molecular flexibility index (Phi) is 6.28. The lowest BCUT2D eigenvalue weighted by Crippen LogP contribution is -2.61. The van der Waals surface area contributed by atoms with Gasteiger partial charge in [0.1, 0.15) is 0 Å². The molecule has 3 unspecified atom stereocenters.